The molecule has 0 saturated carbocycles. The molecule has 0 aliphatic carbocycles. The van der Waals surface area contributed by atoms with Crippen LogP contribution in [0.15, 0.2) is 6.20 Å². The van der Waals surface area contributed by atoms with Crippen molar-refractivity contribution in [2.75, 3.05) is 24.5 Å². The van der Waals surface area contributed by atoms with Gasteiger partial charge in [0.15, 0.2) is 5.82 Å². The van der Waals surface area contributed by atoms with Crippen molar-refractivity contribution >= 4 is 11.5 Å². The highest BCUT2D eigenvalue weighted by Gasteiger charge is 2.22. The van der Waals surface area contributed by atoms with Crippen LogP contribution in [-0.2, 0) is 11.4 Å². The molecular weight excluding hydrogens is 144 g/mol. The summed E-state index contributed by atoms with van der Waals surface area (Å²) in [7, 11) is 1.63. The summed E-state index contributed by atoms with van der Waals surface area (Å²) in [5.41, 5.74) is 6.32. The lowest BCUT2D eigenvalue weighted by Crippen LogP contribution is -2.18. The largest absolute Gasteiger partial charge is 0.394 e. The minimum Gasteiger partial charge on any atom is -0.394 e. The van der Waals surface area contributed by atoms with Crippen LogP contribution < -0.4 is 10.8 Å². The molecule has 2 rings (SSSR count). The second-order valence-corrected chi connectivity index (χ2v) is 2.43. The normalized spacial score (nSPS) is 15.5. The second-order valence-electron chi connectivity index (χ2n) is 2.43. The first-order valence-electron chi connectivity index (χ1n) is 3.46. The van der Waals surface area contributed by atoms with Crippen LogP contribution in [0.3, 0.4) is 0 Å². The molecule has 0 bridgehead atoms. The zero-order valence-corrected chi connectivity index (χ0v) is 6.32. The number of hydrogen-bond acceptors (Lipinski definition) is 4. The molecule has 0 fully saturated rings. The maximum absolute atomic E-state index is 5.65. The molecular formula is C6H10N4O. The number of nitrogens with zero attached hydrogens (tertiary/aromatic N) is 3. The molecule has 2 N–H and O–H groups in total. The topological polar surface area (TPSA) is 56.3 Å². The van der Waals surface area contributed by atoms with E-state index in [9.17, 15) is 0 Å². The third-order valence-corrected chi connectivity index (χ3v) is 1.81. The van der Waals surface area contributed by atoms with Crippen molar-refractivity contribution in [1.29, 1.82) is 0 Å². The summed E-state index contributed by atoms with van der Waals surface area (Å²) >= 11 is 0. The molecule has 1 aromatic rings. The van der Waals surface area contributed by atoms with Crippen molar-refractivity contribution in [3.05, 3.63) is 6.20 Å². The molecule has 1 aromatic heterocycles. The van der Waals surface area contributed by atoms with Gasteiger partial charge in [0.05, 0.1) is 32.1 Å². The van der Waals surface area contributed by atoms with E-state index in [0.29, 0.717) is 5.69 Å². The highest BCUT2D eigenvalue weighted by Crippen LogP contribution is 2.26. The maximum atomic E-state index is 5.65. The lowest BCUT2D eigenvalue weighted by molar-refractivity contribution is 0.174. The van der Waals surface area contributed by atoms with Gasteiger partial charge in [-0.05, 0) is 0 Å². The Morgan fingerprint density at radius 1 is 1.64 bits per heavy atom. The molecule has 5 heteroatoms. The number of aromatic nitrogens is 2. The Hall–Kier alpha value is -1.23. The fourth-order valence-electron chi connectivity index (χ4n) is 1.30. The monoisotopic (exact) mass is 154 g/mol. The first-order chi connectivity index (χ1) is 5.33. The lowest BCUT2D eigenvalue weighted by atomic mass is 10.5. The summed E-state index contributed by atoms with van der Waals surface area (Å²) in [4.78, 5) is 5.07. The number of nitrogen functional groups attached to an aromatic ring is 1. The van der Waals surface area contributed by atoms with E-state index in [1.54, 1.807) is 18.4 Å². The SMILES string of the molecule is CON1CCn2ncc(N)c21. The molecule has 11 heavy (non-hydrogen) atoms. The zero-order chi connectivity index (χ0) is 7.84. The summed E-state index contributed by atoms with van der Waals surface area (Å²) in [5.74, 6) is 0.868. The van der Waals surface area contributed by atoms with Crippen LogP contribution in [0.2, 0.25) is 0 Å². The second kappa shape index (κ2) is 2.13. The third-order valence-electron chi connectivity index (χ3n) is 1.81. The van der Waals surface area contributed by atoms with Crippen molar-refractivity contribution in [2.45, 2.75) is 6.54 Å². The average Bonchev–Trinajstić information content (AvgIpc) is 2.54. The van der Waals surface area contributed by atoms with Gasteiger partial charge in [-0.2, -0.15) is 5.10 Å². The van der Waals surface area contributed by atoms with Gasteiger partial charge in [-0.1, -0.05) is 0 Å². The van der Waals surface area contributed by atoms with Crippen molar-refractivity contribution in [3.63, 3.8) is 0 Å². The van der Waals surface area contributed by atoms with Crippen LogP contribution in [-0.4, -0.2) is 23.4 Å². The Labute approximate surface area is 64.3 Å². The molecule has 5 nitrogen and oxygen atoms in total. The number of nitrogens with two attached hydrogens (primary N) is 1. The Morgan fingerprint density at radius 2 is 2.45 bits per heavy atom. The van der Waals surface area contributed by atoms with Crippen molar-refractivity contribution in [3.8, 4) is 0 Å². The first kappa shape index (κ1) is 6.48. The Bertz CT molecular complexity index is 270. The molecule has 0 amide bonds. The maximum Gasteiger partial charge on any atom is 0.174 e. The van der Waals surface area contributed by atoms with Crippen molar-refractivity contribution < 1.29 is 4.84 Å². The van der Waals surface area contributed by atoms with Crippen LogP contribution in [0, 0.1) is 0 Å². The molecule has 1 aliphatic rings. The molecule has 0 saturated heterocycles. The van der Waals surface area contributed by atoms with Gasteiger partial charge in [0.2, 0.25) is 0 Å². The van der Waals surface area contributed by atoms with E-state index >= 15 is 0 Å². The molecule has 0 aromatic carbocycles. The van der Waals surface area contributed by atoms with Gasteiger partial charge in [0.25, 0.3) is 0 Å². The van der Waals surface area contributed by atoms with E-state index in [1.807, 2.05) is 4.68 Å². The summed E-state index contributed by atoms with van der Waals surface area (Å²) in [5, 5.41) is 5.80. The number of hydroxylamine groups is 1. The van der Waals surface area contributed by atoms with Gasteiger partial charge in [0, 0.05) is 0 Å². The quantitative estimate of drug-likeness (QED) is 0.611. The van der Waals surface area contributed by atoms with Crippen molar-refractivity contribution in [1.82, 2.24) is 9.78 Å². The number of anilines is 2. The van der Waals surface area contributed by atoms with Crippen molar-refractivity contribution in [2.24, 2.45) is 0 Å². The fourth-order valence-corrected chi connectivity index (χ4v) is 1.30. The van der Waals surface area contributed by atoms with E-state index in [0.717, 1.165) is 18.9 Å². The van der Waals surface area contributed by atoms with E-state index in [2.05, 4.69) is 5.10 Å². The van der Waals surface area contributed by atoms with Crippen LogP contribution in [0.1, 0.15) is 0 Å². The van der Waals surface area contributed by atoms with E-state index in [4.69, 9.17) is 10.6 Å². The zero-order valence-electron chi connectivity index (χ0n) is 6.32. The van der Waals surface area contributed by atoms with E-state index in [-0.39, 0.29) is 0 Å². The smallest absolute Gasteiger partial charge is 0.174 e. The minimum atomic E-state index is 0.671. The summed E-state index contributed by atoms with van der Waals surface area (Å²) < 4.78 is 1.83. The van der Waals surface area contributed by atoms with Gasteiger partial charge in [-0.25, -0.2) is 9.75 Å². The molecule has 0 atom stereocenters. The van der Waals surface area contributed by atoms with E-state index < -0.39 is 0 Å². The predicted molar refractivity (Wildman–Crippen MR) is 41.0 cm³/mol. The highest BCUT2D eigenvalue weighted by atomic mass is 16.7. The first-order valence-corrected chi connectivity index (χ1v) is 3.46. The molecule has 0 radical (unpaired) electrons. The molecule has 1 aliphatic heterocycles. The number of rotatable bonds is 1. The summed E-state index contributed by atoms with van der Waals surface area (Å²) in [6.45, 7) is 1.67. The Balaban J connectivity index is 2.42. The average molecular weight is 154 g/mol. The highest BCUT2D eigenvalue weighted by molar-refractivity contribution is 5.62. The lowest BCUT2D eigenvalue weighted by Gasteiger charge is -2.12. The summed E-state index contributed by atoms with van der Waals surface area (Å²) in [6.07, 6.45) is 1.64. The Morgan fingerprint density at radius 3 is 3.18 bits per heavy atom. The van der Waals surface area contributed by atoms with Gasteiger partial charge in [-0.3, -0.25) is 4.84 Å². The number of hydrogen-bond donors (Lipinski definition) is 1. The molecule has 2 heterocycles. The molecule has 0 spiro atoms. The molecule has 60 valence electrons. The molecule has 0 unspecified atom stereocenters. The van der Waals surface area contributed by atoms with Crippen LogP contribution >= 0.6 is 0 Å². The van der Waals surface area contributed by atoms with Gasteiger partial charge >= 0.3 is 0 Å². The van der Waals surface area contributed by atoms with Gasteiger partial charge in [-0.15, -0.1) is 0 Å². The summed E-state index contributed by atoms with van der Waals surface area (Å²) in [6, 6.07) is 0. The predicted octanol–water partition coefficient (Wildman–Crippen LogP) is -0.153. The van der Waals surface area contributed by atoms with Crippen LogP contribution in [0.25, 0.3) is 0 Å². The third kappa shape index (κ3) is 0.775. The van der Waals surface area contributed by atoms with Crippen LogP contribution in [0.5, 0.6) is 0 Å². The van der Waals surface area contributed by atoms with Gasteiger partial charge in [0.1, 0.15) is 0 Å². The Kier molecular flexibility index (Phi) is 1.25. The standard InChI is InChI=1S/C6H10N4O/c1-11-10-3-2-9-6(10)5(7)4-8-9/h4H,2-3,7H2,1H3. The number of fused-ring (bicyclic) bond motifs is 1. The van der Waals surface area contributed by atoms with Gasteiger partial charge < -0.3 is 5.73 Å². The fraction of sp³-hybridized carbons (Fsp3) is 0.500. The van der Waals surface area contributed by atoms with E-state index in [1.165, 1.54) is 0 Å². The minimum absolute atomic E-state index is 0.671. The van der Waals surface area contributed by atoms with Crippen LogP contribution in [0.4, 0.5) is 11.5 Å².